The molecule has 1 unspecified atom stereocenters. The van der Waals surface area contributed by atoms with Gasteiger partial charge in [-0.2, -0.15) is 0 Å². The first-order chi connectivity index (χ1) is 5.61. The normalized spacial score (nSPS) is 12.6. The van der Waals surface area contributed by atoms with Crippen LogP contribution in [-0.2, 0) is 11.8 Å². The summed E-state index contributed by atoms with van der Waals surface area (Å²) in [5, 5.41) is 2.58. The maximum Gasteiger partial charge on any atom is 0.243 e. The van der Waals surface area contributed by atoms with E-state index in [-0.39, 0.29) is 5.91 Å². The van der Waals surface area contributed by atoms with Crippen molar-refractivity contribution in [1.82, 2.24) is 9.55 Å². The Morgan fingerprint density at radius 3 is 2.92 bits per heavy atom. The van der Waals surface area contributed by atoms with Crippen LogP contribution in [-0.4, -0.2) is 21.5 Å². The number of anilines is 1. The van der Waals surface area contributed by atoms with Crippen LogP contribution < -0.4 is 11.1 Å². The first kappa shape index (κ1) is 8.73. The Hall–Kier alpha value is -1.36. The van der Waals surface area contributed by atoms with Crippen LogP contribution in [0.25, 0.3) is 0 Å². The Bertz CT molecular complexity index is 279. The van der Waals surface area contributed by atoms with Gasteiger partial charge in [-0.25, -0.2) is 4.98 Å². The van der Waals surface area contributed by atoms with Gasteiger partial charge in [-0.3, -0.25) is 10.1 Å². The van der Waals surface area contributed by atoms with Gasteiger partial charge >= 0.3 is 0 Å². The summed E-state index contributed by atoms with van der Waals surface area (Å²) in [4.78, 5) is 15.0. The number of nitrogens with one attached hydrogen (secondary N) is 1. The van der Waals surface area contributed by atoms with Gasteiger partial charge in [-0.05, 0) is 6.92 Å². The van der Waals surface area contributed by atoms with Crippen molar-refractivity contribution in [1.29, 1.82) is 0 Å². The molecule has 0 radical (unpaired) electrons. The zero-order valence-electron chi connectivity index (χ0n) is 7.11. The topological polar surface area (TPSA) is 72.9 Å². The standard InChI is InChI=1S/C7H12N4O/c1-5(8)6(12)10-7-9-3-4-11(7)2/h3-5H,8H2,1-2H3,(H,9,10,12). The summed E-state index contributed by atoms with van der Waals surface area (Å²) < 4.78 is 1.71. The first-order valence-electron chi connectivity index (χ1n) is 3.65. The van der Waals surface area contributed by atoms with Crippen LogP contribution in [0, 0.1) is 0 Å². The number of carbonyl (C=O) groups is 1. The SMILES string of the molecule is CC(N)C(=O)Nc1nccn1C. The van der Waals surface area contributed by atoms with Crippen LogP contribution in [0.3, 0.4) is 0 Å². The molecule has 0 saturated heterocycles. The lowest BCUT2D eigenvalue weighted by Crippen LogP contribution is -2.33. The van der Waals surface area contributed by atoms with Crippen molar-refractivity contribution in [2.75, 3.05) is 5.32 Å². The molecule has 0 aliphatic carbocycles. The highest BCUT2D eigenvalue weighted by Crippen LogP contribution is 2.00. The minimum absolute atomic E-state index is 0.232. The average Bonchev–Trinajstić information content (AvgIpc) is 2.36. The number of nitrogens with two attached hydrogens (primary N) is 1. The molecule has 5 heteroatoms. The van der Waals surface area contributed by atoms with E-state index in [1.54, 1.807) is 30.9 Å². The van der Waals surface area contributed by atoms with E-state index in [1.165, 1.54) is 0 Å². The Morgan fingerprint density at radius 1 is 1.83 bits per heavy atom. The van der Waals surface area contributed by atoms with E-state index < -0.39 is 6.04 Å². The van der Waals surface area contributed by atoms with Crippen molar-refractivity contribution in [3.05, 3.63) is 12.4 Å². The van der Waals surface area contributed by atoms with E-state index in [0.29, 0.717) is 5.95 Å². The van der Waals surface area contributed by atoms with Gasteiger partial charge in [0.25, 0.3) is 0 Å². The third-order valence-corrected chi connectivity index (χ3v) is 1.47. The summed E-state index contributed by atoms with van der Waals surface area (Å²) >= 11 is 0. The van der Waals surface area contributed by atoms with Gasteiger partial charge in [0.2, 0.25) is 11.9 Å². The number of aryl methyl sites for hydroxylation is 1. The Labute approximate surface area is 70.6 Å². The van der Waals surface area contributed by atoms with Crippen LogP contribution in [0.1, 0.15) is 6.92 Å². The molecule has 3 N–H and O–H groups in total. The Kier molecular flexibility index (Phi) is 2.44. The fourth-order valence-corrected chi connectivity index (χ4v) is 0.710. The highest BCUT2D eigenvalue weighted by Gasteiger charge is 2.09. The third-order valence-electron chi connectivity index (χ3n) is 1.47. The molecule has 0 aliphatic rings. The first-order valence-corrected chi connectivity index (χ1v) is 3.65. The number of hydrogen-bond acceptors (Lipinski definition) is 3. The van der Waals surface area contributed by atoms with Crippen molar-refractivity contribution in [3.8, 4) is 0 Å². The second-order valence-electron chi connectivity index (χ2n) is 2.64. The predicted molar refractivity (Wildman–Crippen MR) is 45.5 cm³/mol. The molecule has 1 aromatic rings. The van der Waals surface area contributed by atoms with Crippen molar-refractivity contribution < 1.29 is 4.79 Å². The summed E-state index contributed by atoms with van der Waals surface area (Å²) in [5.74, 6) is 0.279. The van der Waals surface area contributed by atoms with Gasteiger partial charge in [0.05, 0.1) is 6.04 Å². The lowest BCUT2D eigenvalue weighted by atomic mass is 10.3. The number of nitrogens with zero attached hydrogens (tertiary/aromatic N) is 2. The lowest BCUT2D eigenvalue weighted by Gasteiger charge is -2.06. The van der Waals surface area contributed by atoms with Crippen LogP contribution in [0.15, 0.2) is 12.4 Å². The minimum Gasteiger partial charge on any atom is -0.320 e. The fraction of sp³-hybridized carbons (Fsp3) is 0.429. The molecule has 0 spiro atoms. The number of amides is 1. The van der Waals surface area contributed by atoms with Crippen LogP contribution in [0.5, 0.6) is 0 Å². The van der Waals surface area contributed by atoms with Crippen molar-refractivity contribution in [3.63, 3.8) is 0 Å². The number of rotatable bonds is 2. The molecule has 0 fully saturated rings. The summed E-state index contributed by atoms with van der Waals surface area (Å²) in [7, 11) is 1.80. The summed E-state index contributed by atoms with van der Waals surface area (Å²) in [6, 6.07) is -0.512. The second-order valence-corrected chi connectivity index (χ2v) is 2.64. The maximum absolute atomic E-state index is 11.1. The van der Waals surface area contributed by atoms with Gasteiger partial charge in [0.15, 0.2) is 0 Å². The van der Waals surface area contributed by atoms with Crippen LogP contribution >= 0.6 is 0 Å². The van der Waals surface area contributed by atoms with Crippen molar-refractivity contribution in [2.45, 2.75) is 13.0 Å². The molecular formula is C7H12N4O. The van der Waals surface area contributed by atoms with Crippen LogP contribution in [0.2, 0.25) is 0 Å². The van der Waals surface area contributed by atoms with Crippen molar-refractivity contribution >= 4 is 11.9 Å². The smallest absolute Gasteiger partial charge is 0.243 e. The summed E-state index contributed by atoms with van der Waals surface area (Å²) in [5.41, 5.74) is 5.35. The Morgan fingerprint density at radius 2 is 2.50 bits per heavy atom. The molecule has 1 atom stereocenters. The monoisotopic (exact) mass is 168 g/mol. The van der Waals surface area contributed by atoms with Crippen molar-refractivity contribution in [2.24, 2.45) is 12.8 Å². The predicted octanol–water partition coefficient (Wildman–Crippen LogP) is -0.294. The molecule has 0 bridgehead atoms. The molecule has 1 heterocycles. The van der Waals surface area contributed by atoms with E-state index in [4.69, 9.17) is 5.73 Å². The number of imidazole rings is 1. The fourth-order valence-electron chi connectivity index (χ4n) is 0.710. The van der Waals surface area contributed by atoms with Crippen LogP contribution in [0.4, 0.5) is 5.95 Å². The van der Waals surface area contributed by atoms with Gasteiger partial charge in [-0.15, -0.1) is 0 Å². The maximum atomic E-state index is 11.1. The highest BCUT2D eigenvalue weighted by molar-refractivity contribution is 5.92. The zero-order valence-corrected chi connectivity index (χ0v) is 7.11. The molecular weight excluding hydrogens is 156 g/mol. The number of aromatic nitrogens is 2. The molecule has 1 rings (SSSR count). The number of hydrogen-bond donors (Lipinski definition) is 2. The molecule has 0 saturated carbocycles. The zero-order chi connectivity index (χ0) is 9.14. The minimum atomic E-state index is -0.512. The Balaban J connectivity index is 2.64. The largest absolute Gasteiger partial charge is 0.320 e. The quantitative estimate of drug-likeness (QED) is 0.637. The molecule has 12 heavy (non-hydrogen) atoms. The van der Waals surface area contributed by atoms with Gasteiger partial charge in [0, 0.05) is 19.4 Å². The van der Waals surface area contributed by atoms with Gasteiger partial charge in [-0.1, -0.05) is 0 Å². The highest BCUT2D eigenvalue weighted by atomic mass is 16.2. The van der Waals surface area contributed by atoms with E-state index >= 15 is 0 Å². The van der Waals surface area contributed by atoms with Gasteiger partial charge in [0.1, 0.15) is 0 Å². The van der Waals surface area contributed by atoms with E-state index in [1.807, 2.05) is 0 Å². The summed E-state index contributed by atoms with van der Waals surface area (Å²) in [6.45, 7) is 1.62. The van der Waals surface area contributed by atoms with E-state index in [0.717, 1.165) is 0 Å². The van der Waals surface area contributed by atoms with Gasteiger partial charge < -0.3 is 10.3 Å². The lowest BCUT2D eigenvalue weighted by molar-refractivity contribution is -0.117. The summed E-state index contributed by atoms with van der Waals surface area (Å²) in [6.07, 6.45) is 3.35. The second kappa shape index (κ2) is 3.36. The van der Waals surface area contributed by atoms with E-state index in [2.05, 4.69) is 10.3 Å². The molecule has 0 aromatic carbocycles. The molecule has 1 aromatic heterocycles. The molecule has 5 nitrogen and oxygen atoms in total. The third kappa shape index (κ3) is 1.82. The molecule has 0 aliphatic heterocycles. The average molecular weight is 168 g/mol. The van der Waals surface area contributed by atoms with E-state index in [9.17, 15) is 4.79 Å². The number of carbonyl (C=O) groups excluding carboxylic acids is 1. The molecule has 66 valence electrons. The molecule has 1 amide bonds.